The molecule has 4 rings (SSSR count). The Morgan fingerprint density at radius 3 is 2.34 bits per heavy atom. The van der Waals surface area contributed by atoms with Crippen molar-refractivity contribution in [2.45, 2.75) is 4.90 Å². The molecule has 0 saturated carbocycles. The molecule has 1 aliphatic carbocycles. The van der Waals surface area contributed by atoms with E-state index in [1.165, 1.54) is 30.5 Å². The summed E-state index contributed by atoms with van der Waals surface area (Å²) in [5, 5.41) is 11.0. The number of nitrogens with zero attached hydrogens (tertiary/aromatic N) is 2. The number of ketones is 2. The smallest absolute Gasteiger partial charge is 0.270 e. The third kappa shape index (κ3) is 2.97. The fourth-order valence-corrected chi connectivity index (χ4v) is 4.56. The van der Waals surface area contributed by atoms with Crippen molar-refractivity contribution in [2.24, 2.45) is 0 Å². The average molecular weight is 408 g/mol. The Bertz CT molecular complexity index is 1320. The summed E-state index contributed by atoms with van der Waals surface area (Å²) in [5.74, 6) is -1.56. The van der Waals surface area contributed by atoms with Gasteiger partial charge >= 0.3 is 0 Å². The molecule has 1 heterocycles. The number of carbonyl (C=O) groups excluding carboxylic acids is 2. The summed E-state index contributed by atoms with van der Waals surface area (Å²) in [4.78, 5) is 34.5. The van der Waals surface area contributed by atoms with Crippen LogP contribution in [0.1, 0.15) is 16.1 Å². The van der Waals surface area contributed by atoms with Crippen LogP contribution in [0.3, 0.4) is 0 Å². The molecule has 0 spiro atoms. The van der Waals surface area contributed by atoms with Crippen LogP contribution in [-0.4, -0.2) is 28.9 Å². The van der Waals surface area contributed by atoms with Crippen LogP contribution in [0.25, 0.3) is 17.2 Å². The van der Waals surface area contributed by atoms with Crippen LogP contribution in [0.5, 0.6) is 0 Å². The van der Waals surface area contributed by atoms with Gasteiger partial charge in [0.2, 0.25) is 11.6 Å². The van der Waals surface area contributed by atoms with Gasteiger partial charge in [-0.3, -0.25) is 19.7 Å². The molecule has 144 valence electrons. The minimum Gasteiger partial charge on any atom is -0.286 e. The van der Waals surface area contributed by atoms with Gasteiger partial charge in [0.25, 0.3) is 15.7 Å². The fourth-order valence-electron chi connectivity index (χ4n) is 3.15. The number of aromatic nitrogens is 1. The molecule has 0 radical (unpaired) electrons. The minimum atomic E-state index is -4.27. The number of nitro benzene ring substituents is 1. The van der Waals surface area contributed by atoms with Crippen molar-refractivity contribution in [3.63, 3.8) is 0 Å². The topological polar surface area (TPSA) is 116 Å². The number of benzene rings is 2. The Morgan fingerprint density at radius 1 is 0.931 bits per heavy atom. The lowest BCUT2D eigenvalue weighted by Gasteiger charge is -2.11. The highest BCUT2D eigenvalue weighted by Crippen LogP contribution is 2.34. The van der Waals surface area contributed by atoms with E-state index in [-0.39, 0.29) is 27.4 Å². The summed E-state index contributed by atoms with van der Waals surface area (Å²) >= 11 is 0. The van der Waals surface area contributed by atoms with Crippen molar-refractivity contribution >= 4 is 33.4 Å². The van der Waals surface area contributed by atoms with Crippen LogP contribution in [-0.2, 0) is 14.8 Å². The third-order valence-electron chi connectivity index (χ3n) is 4.52. The molecule has 0 atom stereocenters. The first-order valence-electron chi connectivity index (χ1n) is 8.38. The Morgan fingerprint density at radius 2 is 1.66 bits per heavy atom. The second-order valence-electron chi connectivity index (χ2n) is 6.25. The summed E-state index contributed by atoms with van der Waals surface area (Å²) < 4.78 is 27.3. The predicted octanol–water partition coefficient (Wildman–Crippen LogP) is 3.08. The van der Waals surface area contributed by atoms with Crippen molar-refractivity contribution in [3.8, 4) is 11.1 Å². The molecule has 8 nitrogen and oxygen atoms in total. The molecule has 3 aromatic rings. The maximum absolute atomic E-state index is 13.2. The van der Waals surface area contributed by atoms with E-state index < -0.39 is 26.5 Å². The maximum Gasteiger partial charge on any atom is 0.270 e. The molecule has 0 unspecified atom stereocenters. The zero-order chi connectivity index (χ0) is 20.8. The highest BCUT2D eigenvalue weighted by Gasteiger charge is 2.32. The van der Waals surface area contributed by atoms with E-state index in [4.69, 9.17) is 0 Å². The quantitative estimate of drug-likeness (QED) is 0.372. The molecule has 29 heavy (non-hydrogen) atoms. The number of Topliss-reactive ketones (excluding diaryl/α,β-unsaturated/α-hetero) is 1. The molecular weight excluding hydrogens is 396 g/mol. The van der Waals surface area contributed by atoms with Gasteiger partial charge in [-0.25, -0.2) is 12.4 Å². The third-order valence-corrected chi connectivity index (χ3v) is 6.19. The first-order chi connectivity index (χ1) is 13.8. The van der Waals surface area contributed by atoms with E-state index in [9.17, 15) is 28.1 Å². The molecule has 0 bridgehead atoms. The number of carbonyl (C=O) groups is 2. The largest absolute Gasteiger partial charge is 0.286 e. The Kier molecular flexibility index (Phi) is 4.24. The van der Waals surface area contributed by atoms with Crippen LogP contribution in [0, 0.1) is 10.1 Å². The summed E-state index contributed by atoms with van der Waals surface area (Å²) in [6.45, 7) is 0. The SMILES string of the molecule is O=C1C=Cc2c(c(-c3ccccc3)cn2S(=O)(=O)c2cccc([N+](=O)[O-])c2)C1=O. The number of hydrogen-bond acceptors (Lipinski definition) is 6. The Balaban J connectivity index is 1.99. The van der Waals surface area contributed by atoms with Gasteiger partial charge in [-0.1, -0.05) is 36.4 Å². The fraction of sp³-hybridized carbons (Fsp3) is 0. The summed E-state index contributed by atoms with van der Waals surface area (Å²) in [6.07, 6.45) is 3.54. The van der Waals surface area contributed by atoms with Gasteiger partial charge in [-0.05, 0) is 23.8 Å². The number of non-ortho nitro benzene ring substituents is 1. The monoisotopic (exact) mass is 408 g/mol. The molecule has 9 heteroatoms. The van der Waals surface area contributed by atoms with Crippen LogP contribution in [0.4, 0.5) is 5.69 Å². The van der Waals surface area contributed by atoms with Gasteiger partial charge in [0.05, 0.1) is 21.1 Å². The van der Waals surface area contributed by atoms with E-state index in [0.29, 0.717) is 5.56 Å². The van der Waals surface area contributed by atoms with Crippen LogP contribution in [0.15, 0.2) is 71.8 Å². The van der Waals surface area contributed by atoms with Gasteiger partial charge in [-0.2, -0.15) is 0 Å². The lowest BCUT2D eigenvalue weighted by molar-refractivity contribution is -0.385. The van der Waals surface area contributed by atoms with Crippen molar-refractivity contribution < 1.29 is 22.9 Å². The Hall–Kier alpha value is -3.85. The Labute approximate surface area is 164 Å². The molecule has 0 fully saturated rings. The van der Waals surface area contributed by atoms with E-state index in [2.05, 4.69) is 0 Å². The molecule has 0 aliphatic heterocycles. The van der Waals surface area contributed by atoms with Crippen molar-refractivity contribution in [3.05, 3.63) is 88.2 Å². The lowest BCUT2D eigenvalue weighted by atomic mass is 9.94. The number of nitro groups is 1. The van der Waals surface area contributed by atoms with Crippen molar-refractivity contribution in [1.29, 1.82) is 0 Å². The van der Waals surface area contributed by atoms with E-state index >= 15 is 0 Å². The summed E-state index contributed by atoms with van der Waals surface area (Å²) in [6, 6.07) is 13.2. The molecular formula is C20H12N2O6S. The standard InChI is InChI=1S/C20H12N2O6S/c23-18-10-9-17-19(20(18)24)16(13-5-2-1-3-6-13)12-21(17)29(27,28)15-8-4-7-14(11-15)22(25)26/h1-12H. The number of hydrogen-bond donors (Lipinski definition) is 0. The van der Waals surface area contributed by atoms with Crippen LogP contribution >= 0.6 is 0 Å². The average Bonchev–Trinajstić information content (AvgIpc) is 3.12. The molecule has 1 aromatic heterocycles. The number of fused-ring (bicyclic) bond motifs is 1. The molecule has 2 aromatic carbocycles. The number of allylic oxidation sites excluding steroid dienone is 1. The zero-order valence-electron chi connectivity index (χ0n) is 14.7. The summed E-state index contributed by atoms with van der Waals surface area (Å²) in [7, 11) is -4.27. The maximum atomic E-state index is 13.2. The van der Waals surface area contributed by atoms with Crippen LogP contribution in [0.2, 0.25) is 0 Å². The molecule has 0 amide bonds. The molecule has 0 saturated heterocycles. The van der Waals surface area contributed by atoms with Crippen molar-refractivity contribution in [1.82, 2.24) is 3.97 Å². The van der Waals surface area contributed by atoms with Crippen LogP contribution < -0.4 is 0 Å². The second kappa shape index (κ2) is 6.64. The van der Waals surface area contributed by atoms with Crippen molar-refractivity contribution in [2.75, 3.05) is 0 Å². The first-order valence-corrected chi connectivity index (χ1v) is 9.82. The van der Waals surface area contributed by atoms with E-state index in [1.54, 1.807) is 30.3 Å². The predicted molar refractivity (Wildman–Crippen MR) is 104 cm³/mol. The van der Waals surface area contributed by atoms with Gasteiger partial charge in [0.15, 0.2) is 0 Å². The first kappa shape index (κ1) is 18.5. The zero-order valence-corrected chi connectivity index (χ0v) is 15.5. The highest BCUT2D eigenvalue weighted by molar-refractivity contribution is 7.90. The molecule has 1 aliphatic rings. The van der Waals surface area contributed by atoms with Gasteiger partial charge in [-0.15, -0.1) is 0 Å². The van der Waals surface area contributed by atoms with Gasteiger partial charge in [0.1, 0.15) is 0 Å². The van der Waals surface area contributed by atoms with E-state index in [1.807, 2.05) is 0 Å². The van der Waals surface area contributed by atoms with E-state index in [0.717, 1.165) is 16.1 Å². The normalized spacial score (nSPS) is 13.4. The lowest BCUT2D eigenvalue weighted by Crippen LogP contribution is -2.20. The summed E-state index contributed by atoms with van der Waals surface area (Å²) in [5.41, 5.74) is 0.486. The second-order valence-corrected chi connectivity index (χ2v) is 8.07. The number of rotatable bonds is 4. The van der Waals surface area contributed by atoms with Gasteiger partial charge < -0.3 is 0 Å². The highest BCUT2D eigenvalue weighted by atomic mass is 32.2. The minimum absolute atomic E-state index is 0.0160. The molecule has 0 N–H and O–H groups in total. The van der Waals surface area contributed by atoms with Gasteiger partial charge in [0, 0.05) is 23.9 Å².